The number of benzene rings is 1. The molecule has 150 valence electrons. The van der Waals surface area contributed by atoms with Crippen LogP contribution in [0.3, 0.4) is 0 Å². The van der Waals surface area contributed by atoms with Gasteiger partial charge in [-0.1, -0.05) is 32.0 Å². The Balaban J connectivity index is 1.44. The van der Waals surface area contributed by atoms with E-state index in [0.717, 1.165) is 43.3 Å². The molecule has 28 heavy (non-hydrogen) atoms. The van der Waals surface area contributed by atoms with Gasteiger partial charge in [-0.15, -0.1) is 0 Å². The van der Waals surface area contributed by atoms with Crippen LogP contribution < -0.4 is 5.32 Å². The van der Waals surface area contributed by atoms with Crippen LogP contribution in [0, 0.1) is 11.3 Å². The van der Waals surface area contributed by atoms with Gasteiger partial charge in [0.1, 0.15) is 0 Å². The summed E-state index contributed by atoms with van der Waals surface area (Å²) in [6.45, 7) is 9.07. The van der Waals surface area contributed by atoms with E-state index in [1.165, 1.54) is 0 Å². The van der Waals surface area contributed by atoms with E-state index in [0.29, 0.717) is 18.1 Å². The van der Waals surface area contributed by atoms with Crippen molar-refractivity contribution in [2.75, 3.05) is 20.2 Å². The van der Waals surface area contributed by atoms with E-state index in [4.69, 9.17) is 9.73 Å². The van der Waals surface area contributed by atoms with Crippen molar-refractivity contribution in [3.63, 3.8) is 0 Å². The van der Waals surface area contributed by atoms with Crippen LogP contribution in [-0.4, -0.2) is 53.0 Å². The number of aromatic nitrogens is 2. The Morgan fingerprint density at radius 1 is 1.36 bits per heavy atom. The molecule has 0 amide bonds. The summed E-state index contributed by atoms with van der Waals surface area (Å²) in [5, 5.41) is 8.26. The monoisotopic (exact) mass is 381 g/mol. The van der Waals surface area contributed by atoms with Gasteiger partial charge in [0.15, 0.2) is 5.96 Å². The normalized spacial score (nSPS) is 25.9. The van der Waals surface area contributed by atoms with E-state index in [9.17, 15) is 0 Å². The van der Waals surface area contributed by atoms with E-state index < -0.39 is 0 Å². The second-order valence-corrected chi connectivity index (χ2v) is 8.47. The minimum atomic E-state index is 0.134. The molecule has 3 unspecified atom stereocenters. The van der Waals surface area contributed by atoms with E-state index in [1.807, 2.05) is 29.1 Å². The molecule has 0 spiro atoms. The first kappa shape index (κ1) is 19.0. The molecule has 3 atom stereocenters. The third kappa shape index (κ3) is 3.41. The fourth-order valence-electron chi connectivity index (χ4n) is 4.70. The van der Waals surface area contributed by atoms with Gasteiger partial charge in [-0.3, -0.25) is 4.99 Å². The quantitative estimate of drug-likeness (QED) is 0.639. The van der Waals surface area contributed by atoms with Crippen molar-refractivity contribution in [2.24, 2.45) is 16.3 Å². The Hall–Kier alpha value is -2.34. The average Bonchev–Trinajstić information content (AvgIpc) is 3.34. The Morgan fingerprint density at radius 3 is 2.89 bits per heavy atom. The van der Waals surface area contributed by atoms with Crippen molar-refractivity contribution in [3.05, 3.63) is 48.3 Å². The number of aliphatic imine (C=N–C) groups is 1. The number of rotatable bonds is 5. The molecule has 1 saturated heterocycles. The summed E-state index contributed by atoms with van der Waals surface area (Å²) in [5.41, 5.74) is 2.36. The zero-order valence-electron chi connectivity index (χ0n) is 17.3. The second-order valence-electron chi connectivity index (χ2n) is 8.47. The first-order chi connectivity index (χ1) is 13.5. The molecule has 1 saturated carbocycles. The van der Waals surface area contributed by atoms with Crippen molar-refractivity contribution in [3.8, 4) is 5.69 Å². The summed E-state index contributed by atoms with van der Waals surface area (Å²) in [6, 6.07) is 10.6. The molecule has 6 nitrogen and oxygen atoms in total. The van der Waals surface area contributed by atoms with Gasteiger partial charge in [-0.2, -0.15) is 5.10 Å². The lowest BCUT2D eigenvalue weighted by atomic mass is 9.57. The van der Waals surface area contributed by atoms with Crippen molar-refractivity contribution in [1.82, 2.24) is 20.0 Å². The number of ether oxygens (including phenoxy) is 1. The number of nitrogens with one attached hydrogen (secondary N) is 1. The number of guanidine groups is 1. The molecule has 2 aliphatic rings. The average molecular weight is 382 g/mol. The van der Waals surface area contributed by atoms with Crippen LogP contribution >= 0.6 is 0 Å². The van der Waals surface area contributed by atoms with Gasteiger partial charge in [0.2, 0.25) is 0 Å². The van der Waals surface area contributed by atoms with Crippen LogP contribution in [0.4, 0.5) is 0 Å². The Kier molecular flexibility index (Phi) is 5.15. The lowest BCUT2D eigenvalue weighted by Gasteiger charge is -2.55. The van der Waals surface area contributed by atoms with Crippen LogP contribution in [0.2, 0.25) is 0 Å². The van der Waals surface area contributed by atoms with E-state index in [-0.39, 0.29) is 5.41 Å². The molecule has 2 heterocycles. The summed E-state index contributed by atoms with van der Waals surface area (Å²) >= 11 is 0. The van der Waals surface area contributed by atoms with Gasteiger partial charge in [0.25, 0.3) is 0 Å². The van der Waals surface area contributed by atoms with Gasteiger partial charge in [0.05, 0.1) is 18.0 Å². The molecule has 2 aromatic rings. The largest absolute Gasteiger partial charge is 0.377 e. The number of fused-ring (bicyclic) bond motifs is 1. The van der Waals surface area contributed by atoms with Crippen molar-refractivity contribution in [1.29, 1.82) is 0 Å². The molecular weight excluding hydrogens is 350 g/mol. The number of nitrogens with zero attached hydrogens (tertiary/aromatic N) is 4. The fourth-order valence-corrected chi connectivity index (χ4v) is 4.70. The van der Waals surface area contributed by atoms with Gasteiger partial charge in [-0.25, -0.2) is 4.68 Å². The molecule has 0 bridgehead atoms. The topological polar surface area (TPSA) is 54.7 Å². The van der Waals surface area contributed by atoms with Crippen LogP contribution in [0.15, 0.2) is 47.7 Å². The van der Waals surface area contributed by atoms with Gasteiger partial charge < -0.3 is 15.0 Å². The Labute approximate surface area is 167 Å². The Morgan fingerprint density at radius 2 is 2.14 bits per heavy atom. The molecule has 1 aromatic carbocycles. The summed E-state index contributed by atoms with van der Waals surface area (Å²) in [4.78, 5) is 6.94. The summed E-state index contributed by atoms with van der Waals surface area (Å²) in [6.07, 6.45) is 5.53. The molecule has 1 aliphatic carbocycles. The molecular formula is C22H31N5O. The number of hydrogen-bond acceptors (Lipinski definition) is 3. The molecule has 1 N–H and O–H groups in total. The van der Waals surface area contributed by atoms with Crippen molar-refractivity contribution >= 4 is 5.96 Å². The highest BCUT2D eigenvalue weighted by atomic mass is 16.5. The maximum Gasteiger partial charge on any atom is 0.194 e. The zero-order valence-corrected chi connectivity index (χ0v) is 17.3. The Bertz CT molecular complexity index is 828. The maximum absolute atomic E-state index is 5.94. The van der Waals surface area contributed by atoms with E-state index in [1.54, 1.807) is 0 Å². The first-order valence-electron chi connectivity index (χ1n) is 10.2. The summed E-state index contributed by atoms with van der Waals surface area (Å²) < 4.78 is 7.85. The van der Waals surface area contributed by atoms with Crippen LogP contribution in [0.5, 0.6) is 0 Å². The van der Waals surface area contributed by atoms with Crippen LogP contribution in [-0.2, 0) is 11.3 Å². The fraction of sp³-hybridized carbons (Fsp3) is 0.545. The highest BCUT2D eigenvalue weighted by Crippen LogP contribution is 2.52. The standard InChI is InChI=1S/C22H31N5O/c1-5-23-21(25-19-18-11-12-28-20(18)22(19,2)3)26(4)14-16-13-24-27(15-16)17-9-7-6-8-10-17/h6-10,13,15,18-20H,5,11-12,14H2,1-4H3,(H,23,25). The molecule has 6 heteroatoms. The predicted octanol–water partition coefficient (Wildman–Crippen LogP) is 3.08. The molecule has 1 aliphatic heterocycles. The molecule has 2 fully saturated rings. The smallest absolute Gasteiger partial charge is 0.194 e. The van der Waals surface area contributed by atoms with Crippen molar-refractivity contribution in [2.45, 2.75) is 45.9 Å². The molecule has 0 radical (unpaired) electrons. The number of para-hydroxylation sites is 1. The number of hydrogen-bond donors (Lipinski definition) is 1. The summed E-state index contributed by atoms with van der Waals surface area (Å²) in [5.74, 6) is 1.55. The first-order valence-corrected chi connectivity index (χ1v) is 10.2. The molecule has 1 aromatic heterocycles. The van der Waals surface area contributed by atoms with Gasteiger partial charge >= 0.3 is 0 Å². The van der Waals surface area contributed by atoms with Crippen molar-refractivity contribution < 1.29 is 4.74 Å². The predicted molar refractivity (Wildman–Crippen MR) is 112 cm³/mol. The highest BCUT2D eigenvalue weighted by molar-refractivity contribution is 5.80. The van der Waals surface area contributed by atoms with E-state index in [2.05, 4.69) is 61.5 Å². The zero-order chi connectivity index (χ0) is 19.7. The second kappa shape index (κ2) is 7.59. The lowest BCUT2D eigenvalue weighted by Crippen LogP contribution is -2.67. The minimum absolute atomic E-state index is 0.134. The van der Waals surface area contributed by atoms with Crippen LogP contribution in [0.25, 0.3) is 5.69 Å². The lowest BCUT2D eigenvalue weighted by molar-refractivity contribution is -0.107. The highest BCUT2D eigenvalue weighted by Gasteiger charge is 2.59. The third-order valence-corrected chi connectivity index (χ3v) is 6.13. The third-order valence-electron chi connectivity index (χ3n) is 6.13. The maximum atomic E-state index is 5.94. The van der Waals surface area contributed by atoms with E-state index >= 15 is 0 Å². The van der Waals surface area contributed by atoms with Crippen LogP contribution in [0.1, 0.15) is 32.8 Å². The van der Waals surface area contributed by atoms with Gasteiger partial charge in [-0.05, 0) is 25.5 Å². The van der Waals surface area contributed by atoms with Gasteiger partial charge in [0, 0.05) is 55.9 Å². The molecule has 4 rings (SSSR count). The minimum Gasteiger partial charge on any atom is -0.377 e. The summed E-state index contributed by atoms with van der Waals surface area (Å²) in [7, 11) is 2.09. The SMILES string of the molecule is CCN=C(NC1C2CCOC2C1(C)C)N(C)Cc1cnn(-c2ccccc2)c1.